The van der Waals surface area contributed by atoms with Gasteiger partial charge in [0.05, 0.1) is 4.91 Å². The average molecular weight is 339 g/mol. The fourth-order valence-corrected chi connectivity index (χ4v) is 3.93. The zero-order valence-electron chi connectivity index (χ0n) is 14.6. The van der Waals surface area contributed by atoms with Crippen LogP contribution >= 0.6 is 11.8 Å². The van der Waals surface area contributed by atoms with Crippen LogP contribution in [0.2, 0.25) is 0 Å². The monoisotopic (exact) mass is 339 g/mol. The second-order valence-electron chi connectivity index (χ2n) is 5.93. The van der Waals surface area contributed by atoms with Gasteiger partial charge >= 0.3 is 0 Å². The molecule has 5 heteroatoms. The fraction of sp³-hybridized carbons (Fsp3) is 0.263. The van der Waals surface area contributed by atoms with Gasteiger partial charge in [0.1, 0.15) is 0 Å². The molecule has 2 aromatic rings. The Morgan fingerprint density at radius 3 is 2.50 bits per heavy atom. The lowest BCUT2D eigenvalue weighted by atomic mass is 10.2. The molecule has 1 aromatic carbocycles. The summed E-state index contributed by atoms with van der Waals surface area (Å²) in [6, 6.07) is 10.5. The van der Waals surface area contributed by atoms with E-state index in [1.807, 2.05) is 12.1 Å². The van der Waals surface area contributed by atoms with Gasteiger partial charge in [0, 0.05) is 31.2 Å². The highest BCUT2D eigenvalue weighted by atomic mass is 32.2. The number of hydrogen-bond acceptors (Lipinski definition) is 3. The second-order valence-corrected chi connectivity index (χ2v) is 6.94. The van der Waals surface area contributed by atoms with Gasteiger partial charge in [0.25, 0.3) is 5.91 Å². The van der Waals surface area contributed by atoms with Crippen LogP contribution in [0, 0.1) is 20.8 Å². The third-order valence-electron chi connectivity index (χ3n) is 4.31. The Balaban J connectivity index is 2.07. The minimum Gasteiger partial charge on any atom is -0.318 e. The summed E-state index contributed by atoms with van der Waals surface area (Å²) in [4.78, 5) is 18.8. The molecule has 0 radical (unpaired) electrons. The number of aryl methyl sites for hydroxylation is 2. The fourth-order valence-electron chi connectivity index (χ4n) is 3.01. The van der Waals surface area contributed by atoms with Crippen molar-refractivity contribution in [2.45, 2.75) is 20.8 Å². The molecule has 0 bridgehead atoms. The van der Waals surface area contributed by atoms with Gasteiger partial charge in [0.2, 0.25) is 0 Å². The predicted octanol–water partition coefficient (Wildman–Crippen LogP) is 3.93. The summed E-state index contributed by atoms with van der Waals surface area (Å²) < 4.78 is 2.24. The van der Waals surface area contributed by atoms with E-state index in [0.717, 1.165) is 22.1 Å². The van der Waals surface area contributed by atoms with E-state index in [1.54, 1.807) is 19.0 Å². The number of hydrogen-bond donors (Lipinski definition) is 0. The first-order valence-corrected chi connectivity index (χ1v) is 8.65. The van der Waals surface area contributed by atoms with Gasteiger partial charge in [0.15, 0.2) is 5.17 Å². The highest BCUT2D eigenvalue weighted by molar-refractivity contribution is 8.18. The molecular weight excluding hydrogens is 318 g/mol. The van der Waals surface area contributed by atoms with Crippen LogP contribution in [-0.4, -0.2) is 34.6 Å². The highest BCUT2D eigenvalue weighted by Crippen LogP contribution is 2.33. The Labute approximate surface area is 146 Å². The smallest absolute Gasteiger partial charge is 0.266 e. The van der Waals surface area contributed by atoms with E-state index in [4.69, 9.17) is 0 Å². The van der Waals surface area contributed by atoms with Crippen LogP contribution in [0.5, 0.6) is 0 Å². The SMILES string of the molecule is CN=C1S/C(=C/c2cc(C)n(-c3ccccc3C)c2C)C(=O)N1C. The summed E-state index contributed by atoms with van der Waals surface area (Å²) >= 11 is 1.42. The number of amides is 1. The number of nitrogens with zero attached hydrogens (tertiary/aromatic N) is 3. The van der Waals surface area contributed by atoms with E-state index in [-0.39, 0.29) is 5.91 Å². The first kappa shape index (κ1) is 16.6. The molecule has 0 unspecified atom stereocenters. The molecule has 4 nitrogen and oxygen atoms in total. The molecule has 3 rings (SSSR count). The zero-order chi connectivity index (χ0) is 17.4. The van der Waals surface area contributed by atoms with Crippen LogP contribution in [0.3, 0.4) is 0 Å². The molecule has 0 saturated carbocycles. The molecule has 1 aromatic heterocycles. The maximum absolute atomic E-state index is 12.4. The summed E-state index contributed by atoms with van der Waals surface area (Å²) in [7, 11) is 3.47. The number of carbonyl (C=O) groups is 1. The molecule has 1 saturated heterocycles. The maximum atomic E-state index is 12.4. The normalized spacial score (nSPS) is 18.2. The third kappa shape index (κ3) is 2.69. The third-order valence-corrected chi connectivity index (χ3v) is 5.46. The number of aliphatic imine (C=N–C) groups is 1. The molecule has 1 amide bonds. The van der Waals surface area contributed by atoms with Gasteiger partial charge in [-0.05, 0) is 61.9 Å². The van der Waals surface area contributed by atoms with Crippen LogP contribution in [0.25, 0.3) is 11.8 Å². The molecule has 0 aliphatic carbocycles. The number of rotatable bonds is 2. The standard InChI is InChI=1S/C19H21N3OS/c1-12-8-6-7-9-16(12)22-13(2)10-15(14(22)3)11-17-18(23)21(5)19(20-4)24-17/h6-11H,1-5H3/b17-11+,20-19?. The van der Waals surface area contributed by atoms with Gasteiger partial charge in [-0.1, -0.05) is 18.2 Å². The average Bonchev–Trinajstić information content (AvgIpc) is 2.99. The number of carbonyl (C=O) groups excluding carboxylic acids is 1. The predicted molar refractivity (Wildman–Crippen MR) is 102 cm³/mol. The molecule has 1 fully saturated rings. The first-order chi connectivity index (χ1) is 11.4. The van der Waals surface area contributed by atoms with Crippen LogP contribution in [0.15, 0.2) is 40.2 Å². The number of thioether (sulfide) groups is 1. The first-order valence-electron chi connectivity index (χ1n) is 7.83. The van der Waals surface area contributed by atoms with Crippen molar-refractivity contribution >= 4 is 28.9 Å². The molecular formula is C19H21N3OS. The molecule has 0 N–H and O–H groups in total. The van der Waals surface area contributed by atoms with E-state index >= 15 is 0 Å². The van der Waals surface area contributed by atoms with Crippen molar-refractivity contribution in [3.05, 3.63) is 57.8 Å². The molecule has 0 atom stereocenters. The molecule has 24 heavy (non-hydrogen) atoms. The summed E-state index contributed by atoms with van der Waals surface area (Å²) in [6.45, 7) is 6.30. The lowest BCUT2D eigenvalue weighted by molar-refractivity contribution is -0.121. The van der Waals surface area contributed by atoms with Crippen LogP contribution in [0.1, 0.15) is 22.5 Å². The Bertz CT molecular complexity index is 877. The Kier molecular flexibility index (Phi) is 4.37. The Morgan fingerprint density at radius 2 is 1.88 bits per heavy atom. The molecule has 2 heterocycles. The van der Waals surface area contributed by atoms with Crippen molar-refractivity contribution in [1.29, 1.82) is 0 Å². The number of likely N-dealkylation sites (N-methyl/N-ethyl adjacent to an activating group) is 1. The summed E-state index contributed by atoms with van der Waals surface area (Å²) in [6.07, 6.45) is 1.97. The largest absolute Gasteiger partial charge is 0.318 e. The summed E-state index contributed by atoms with van der Waals surface area (Å²) in [5.41, 5.74) is 5.76. The van der Waals surface area contributed by atoms with E-state index < -0.39 is 0 Å². The van der Waals surface area contributed by atoms with Gasteiger partial charge in [-0.3, -0.25) is 14.7 Å². The Morgan fingerprint density at radius 1 is 1.17 bits per heavy atom. The zero-order valence-corrected chi connectivity index (χ0v) is 15.4. The minimum absolute atomic E-state index is 0.00120. The molecule has 0 spiro atoms. The van der Waals surface area contributed by atoms with Gasteiger partial charge in [-0.2, -0.15) is 0 Å². The Hall–Kier alpha value is -2.27. The molecule has 1 aliphatic heterocycles. The van der Waals surface area contributed by atoms with Crippen molar-refractivity contribution in [2.75, 3.05) is 14.1 Å². The van der Waals surface area contributed by atoms with Gasteiger partial charge in [-0.25, -0.2) is 0 Å². The van der Waals surface area contributed by atoms with E-state index in [1.165, 1.54) is 23.0 Å². The van der Waals surface area contributed by atoms with Gasteiger partial charge in [-0.15, -0.1) is 0 Å². The van der Waals surface area contributed by atoms with Crippen LogP contribution in [0.4, 0.5) is 0 Å². The van der Waals surface area contributed by atoms with E-state index in [2.05, 4.69) is 54.6 Å². The summed E-state index contributed by atoms with van der Waals surface area (Å²) in [5, 5.41) is 0.735. The minimum atomic E-state index is 0.00120. The van der Waals surface area contributed by atoms with Crippen molar-refractivity contribution < 1.29 is 4.79 Å². The van der Waals surface area contributed by atoms with Crippen molar-refractivity contribution in [1.82, 2.24) is 9.47 Å². The lowest BCUT2D eigenvalue weighted by Gasteiger charge is -2.12. The highest BCUT2D eigenvalue weighted by Gasteiger charge is 2.30. The van der Waals surface area contributed by atoms with Crippen LogP contribution in [-0.2, 0) is 4.79 Å². The second kappa shape index (κ2) is 6.32. The number of benzene rings is 1. The van der Waals surface area contributed by atoms with Crippen molar-refractivity contribution in [3.8, 4) is 5.69 Å². The molecule has 124 valence electrons. The number of amidine groups is 1. The van der Waals surface area contributed by atoms with Crippen molar-refractivity contribution in [3.63, 3.8) is 0 Å². The van der Waals surface area contributed by atoms with Crippen LogP contribution < -0.4 is 0 Å². The number of para-hydroxylation sites is 1. The molecule has 1 aliphatic rings. The topological polar surface area (TPSA) is 37.6 Å². The quantitative estimate of drug-likeness (QED) is 0.777. The van der Waals surface area contributed by atoms with E-state index in [9.17, 15) is 4.79 Å². The maximum Gasteiger partial charge on any atom is 0.266 e. The van der Waals surface area contributed by atoms with E-state index in [0.29, 0.717) is 4.91 Å². The number of aromatic nitrogens is 1. The van der Waals surface area contributed by atoms with Gasteiger partial charge < -0.3 is 4.57 Å². The summed E-state index contributed by atoms with van der Waals surface area (Å²) in [5.74, 6) is 0.00120. The lowest BCUT2D eigenvalue weighted by Crippen LogP contribution is -2.23. The van der Waals surface area contributed by atoms with Crippen molar-refractivity contribution in [2.24, 2.45) is 4.99 Å².